The third-order valence-electron chi connectivity index (χ3n) is 8.46. The Morgan fingerprint density at radius 1 is 0.744 bits per heavy atom. The van der Waals surface area contributed by atoms with Crippen LogP contribution in [0.2, 0.25) is 0 Å². The molecule has 4 heterocycles. The first-order valence-corrected chi connectivity index (χ1v) is 15.2. The largest absolute Gasteiger partial charge is 0.456 e. The number of nitrogens with zero attached hydrogens (tertiary/aromatic N) is 3. The number of allylic oxidation sites excluding steroid dienone is 1. The van der Waals surface area contributed by atoms with Crippen molar-refractivity contribution in [2.45, 2.75) is 6.92 Å². The number of imidazole rings is 1. The summed E-state index contributed by atoms with van der Waals surface area (Å²) in [7, 11) is 0. The molecule has 0 spiro atoms. The van der Waals surface area contributed by atoms with Gasteiger partial charge in [0.1, 0.15) is 11.2 Å². The summed E-state index contributed by atoms with van der Waals surface area (Å²) in [6.07, 6.45) is 6.20. The van der Waals surface area contributed by atoms with E-state index in [0.29, 0.717) is 0 Å². The molecule has 0 aliphatic heterocycles. The van der Waals surface area contributed by atoms with Gasteiger partial charge in [0.2, 0.25) is 0 Å². The molecule has 43 heavy (non-hydrogen) atoms. The SMILES string of the molecule is C=Cc1c(/C=C\C)n(-c2ccc3oc4ccc(-c5ccc6nc7sc8ccccc8n7c6c5)cc4c3c2)c2ccccc12. The van der Waals surface area contributed by atoms with Gasteiger partial charge in [-0.2, -0.15) is 0 Å². The lowest BCUT2D eigenvalue weighted by Crippen LogP contribution is -1.96. The summed E-state index contributed by atoms with van der Waals surface area (Å²) < 4.78 is 12.2. The molecule has 0 radical (unpaired) electrons. The van der Waals surface area contributed by atoms with Gasteiger partial charge in [-0.15, -0.1) is 0 Å². The molecule has 0 unspecified atom stereocenters. The zero-order valence-corrected chi connectivity index (χ0v) is 24.2. The average molecular weight is 572 g/mol. The molecule has 204 valence electrons. The van der Waals surface area contributed by atoms with Gasteiger partial charge in [0.15, 0.2) is 4.96 Å². The predicted octanol–water partition coefficient (Wildman–Crippen LogP) is 10.9. The van der Waals surface area contributed by atoms with Gasteiger partial charge >= 0.3 is 0 Å². The number of aromatic nitrogens is 3. The van der Waals surface area contributed by atoms with Crippen LogP contribution in [0.25, 0.3) is 88.0 Å². The van der Waals surface area contributed by atoms with Crippen molar-refractivity contribution in [1.82, 2.24) is 14.0 Å². The van der Waals surface area contributed by atoms with Gasteiger partial charge < -0.3 is 8.98 Å². The quantitative estimate of drug-likeness (QED) is 0.211. The number of benzene rings is 5. The van der Waals surface area contributed by atoms with Crippen molar-refractivity contribution in [3.8, 4) is 16.8 Å². The fraction of sp³-hybridized carbons (Fsp3) is 0.0263. The predicted molar refractivity (Wildman–Crippen MR) is 182 cm³/mol. The van der Waals surface area contributed by atoms with Crippen molar-refractivity contribution in [2.75, 3.05) is 0 Å². The van der Waals surface area contributed by atoms with Crippen LogP contribution in [0.1, 0.15) is 18.2 Å². The summed E-state index contributed by atoms with van der Waals surface area (Å²) in [6, 6.07) is 36.5. The third-order valence-corrected chi connectivity index (χ3v) is 9.48. The molecule has 0 atom stereocenters. The van der Waals surface area contributed by atoms with Crippen molar-refractivity contribution in [3.05, 3.63) is 127 Å². The van der Waals surface area contributed by atoms with Crippen molar-refractivity contribution >= 4 is 82.5 Å². The zero-order chi connectivity index (χ0) is 28.7. The van der Waals surface area contributed by atoms with Gasteiger partial charge in [-0.3, -0.25) is 4.40 Å². The fourth-order valence-corrected chi connectivity index (χ4v) is 7.58. The second-order valence-electron chi connectivity index (χ2n) is 10.9. The Balaban J connectivity index is 1.24. The van der Waals surface area contributed by atoms with E-state index in [2.05, 4.69) is 138 Å². The lowest BCUT2D eigenvalue weighted by atomic mass is 10.0. The molecule has 9 aromatic rings. The lowest BCUT2D eigenvalue weighted by molar-refractivity contribution is 0.669. The van der Waals surface area contributed by atoms with E-state index in [1.165, 1.54) is 15.6 Å². The number of fused-ring (bicyclic) bond motifs is 9. The second kappa shape index (κ2) is 9.05. The van der Waals surface area contributed by atoms with Crippen LogP contribution in [0.3, 0.4) is 0 Å². The van der Waals surface area contributed by atoms with Gasteiger partial charge in [-0.05, 0) is 84.8 Å². The summed E-state index contributed by atoms with van der Waals surface area (Å²) in [4.78, 5) is 5.93. The van der Waals surface area contributed by atoms with Crippen LogP contribution in [0.15, 0.2) is 120 Å². The molecule has 0 aliphatic carbocycles. The van der Waals surface area contributed by atoms with Crippen molar-refractivity contribution in [2.24, 2.45) is 0 Å². The Hall–Kier alpha value is -5.39. The molecule has 0 aliphatic rings. The van der Waals surface area contributed by atoms with Crippen molar-refractivity contribution in [3.63, 3.8) is 0 Å². The Kier molecular flexibility index (Phi) is 5.10. The molecule has 0 fully saturated rings. The maximum Gasteiger partial charge on any atom is 0.195 e. The van der Waals surface area contributed by atoms with Gasteiger partial charge in [-0.1, -0.05) is 72.5 Å². The first-order valence-electron chi connectivity index (χ1n) is 14.4. The highest BCUT2D eigenvalue weighted by Crippen LogP contribution is 2.38. The first kappa shape index (κ1) is 24.2. The Morgan fingerprint density at radius 3 is 2.35 bits per heavy atom. The lowest BCUT2D eigenvalue weighted by Gasteiger charge is -2.09. The van der Waals surface area contributed by atoms with Gasteiger partial charge in [-0.25, -0.2) is 4.98 Å². The second-order valence-corrected chi connectivity index (χ2v) is 11.9. The third kappa shape index (κ3) is 3.46. The molecule has 0 bridgehead atoms. The van der Waals surface area contributed by atoms with E-state index >= 15 is 0 Å². The number of rotatable bonds is 4. The first-order chi connectivity index (χ1) is 21.2. The highest BCUT2D eigenvalue weighted by atomic mass is 32.1. The standard InChI is InChI=1S/C38H25N3OS/c1-3-9-31-26(4-2)27-10-5-6-11-32(27)40(31)25-16-19-36-29(22-25)28-20-23(15-18-35(28)42-36)24-14-17-30-34(21-24)41-33-12-7-8-13-37(33)43-38(41)39-30/h3-22H,2H2,1H3/b9-3-. The molecule has 0 amide bonds. The monoisotopic (exact) mass is 571 g/mol. The van der Waals surface area contributed by atoms with Crippen LogP contribution < -0.4 is 0 Å². The van der Waals surface area contributed by atoms with Crippen LogP contribution in [0.5, 0.6) is 0 Å². The van der Waals surface area contributed by atoms with E-state index in [1.54, 1.807) is 11.3 Å². The number of para-hydroxylation sites is 2. The van der Waals surface area contributed by atoms with E-state index in [1.807, 2.05) is 6.08 Å². The minimum absolute atomic E-state index is 0.876. The Morgan fingerprint density at radius 2 is 1.49 bits per heavy atom. The van der Waals surface area contributed by atoms with Crippen molar-refractivity contribution in [1.29, 1.82) is 0 Å². The summed E-state index contributed by atoms with van der Waals surface area (Å²) in [5.41, 5.74) is 11.9. The Labute approximate surface area is 251 Å². The van der Waals surface area contributed by atoms with Crippen molar-refractivity contribution < 1.29 is 4.42 Å². The van der Waals surface area contributed by atoms with Crippen LogP contribution in [-0.2, 0) is 0 Å². The van der Waals surface area contributed by atoms with E-state index in [4.69, 9.17) is 9.40 Å². The molecule has 9 rings (SSSR count). The number of thiazole rings is 1. The molecule has 0 saturated carbocycles. The summed E-state index contributed by atoms with van der Waals surface area (Å²) in [6.45, 7) is 6.18. The summed E-state index contributed by atoms with van der Waals surface area (Å²) in [5.74, 6) is 0. The molecular formula is C38H25N3OS. The Bertz CT molecular complexity index is 2610. The smallest absolute Gasteiger partial charge is 0.195 e. The van der Waals surface area contributed by atoms with Gasteiger partial charge in [0.05, 0.1) is 32.5 Å². The van der Waals surface area contributed by atoms with E-state index in [9.17, 15) is 0 Å². The summed E-state index contributed by atoms with van der Waals surface area (Å²) in [5, 5.41) is 3.38. The fourth-order valence-electron chi connectivity index (χ4n) is 6.54. The number of hydrogen-bond donors (Lipinski definition) is 0. The van der Waals surface area contributed by atoms with Crippen LogP contribution in [0, 0.1) is 0 Å². The average Bonchev–Trinajstić information content (AvgIpc) is 3.77. The number of furan rings is 1. The molecule has 0 N–H and O–H groups in total. The van der Waals surface area contributed by atoms with E-state index in [-0.39, 0.29) is 0 Å². The normalized spacial score (nSPS) is 12.3. The maximum absolute atomic E-state index is 6.33. The molecule has 4 aromatic heterocycles. The minimum atomic E-state index is 0.876. The van der Waals surface area contributed by atoms with Crippen LogP contribution in [-0.4, -0.2) is 14.0 Å². The molecule has 0 saturated heterocycles. The zero-order valence-electron chi connectivity index (χ0n) is 23.4. The maximum atomic E-state index is 6.33. The van der Waals surface area contributed by atoms with E-state index in [0.717, 1.165) is 71.5 Å². The van der Waals surface area contributed by atoms with Gasteiger partial charge in [0, 0.05) is 27.4 Å². The summed E-state index contributed by atoms with van der Waals surface area (Å²) >= 11 is 1.73. The molecular weight excluding hydrogens is 547 g/mol. The minimum Gasteiger partial charge on any atom is -0.456 e. The molecule has 5 aromatic carbocycles. The molecule has 5 heteroatoms. The number of hydrogen-bond acceptors (Lipinski definition) is 3. The van der Waals surface area contributed by atoms with E-state index < -0.39 is 0 Å². The highest BCUT2D eigenvalue weighted by Gasteiger charge is 2.17. The molecule has 4 nitrogen and oxygen atoms in total. The van der Waals surface area contributed by atoms with Crippen LogP contribution >= 0.6 is 11.3 Å². The topological polar surface area (TPSA) is 35.4 Å². The van der Waals surface area contributed by atoms with Crippen LogP contribution in [0.4, 0.5) is 0 Å². The van der Waals surface area contributed by atoms with Gasteiger partial charge in [0.25, 0.3) is 0 Å². The highest BCUT2D eigenvalue weighted by molar-refractivity contribution is 7.23.